The lowest BCUT2D eigenvalue weighted by Crippen LogP contribution is -2.19. The van der Waals surface area contributed by atoms with Crippen molar-refractivity contribution in [1.29, 1.82) is 0 Å². The first kappa shape index (κ1) is 11.2. The molecular formula is C10H12N2O3S. The fourth-order valence-corrected chi connectivity index (χ4v) is 2.93. The quantitative estimate of drug-likeness (QED) is 0.593. The lowest BCUT2D eigenvalue weighted by molar-refractivity contribution is -0.384. The molecule has 5 nitrogen and oxygen atoms in total. The molecule has 0 saturated carbocycles. The summed E-state index contributed by atoms with van der Waals surface area (Å²) in [4.78, 5) is 10.0. The average Bonchev–Trinajstić information content (AvgIpc) is 2.65. The molecule has 1 aromatic carbocycles. The van der Waals surface area contributed by atoms with Gasteiger partial charge in [-0.15, -0.1) is 0 Å². The summed E-state index contributed by atoms with van der Waals surface area (Å²) in [6.45, 7) is 1.44. The van der Waals surface area contributed by atoms with Crippen molar-refractivity contribution >= 4 is 16.7 Å². The largest absolute Gasteiger partial charge is 0.269 e. The molecule has 0 amide bonds. The van der Waals surface area contributed by atoms with Gasteiger partial charge in [0.05, 0.1) is 15.9 Å². The minimum absolute atomic E-state index is 0.0892. The van der Waals surface area contributed by atoms with Crippen molar-refractivity contribution in [2.75, 3.05) is 12.3 Å². The molecule has 1 unspecified atom stereocenters. The number of hydrogen-bond donors (Lipinski definition) is 0. The van der Waals surface area contributed by atoms with Crippen LogP contribution in [-0.2, 0) is 17.5 Å². The summed E-state index contributed by atoms with van der Waals surface area (Å²) >= 11 is 0. The molecule has 0 N–H and O–H groups in total. The van der Waals surface area contributed by atoms with E-state index in [0.29, 0.717) is 6.54 Å². The Labute approximate surface area is 95.8 Å². The third kappa shape index (κ3) is 2.45. The molecule has 0 aromatic heterocycles. The number of benzene rings is 1. The fourth-order valence-electron chi connectivity index (χ4n) is 1.67. The van der Waals surface area contributed by atoms with Gasteiger partial charge in [-0.25, -0.2) is 8.51 Å². The summed E-state index contributed by atoms with van der Waals surface area (Å²) in [5, 5.41) is 10.5. The summed E-state index contributed by atoms with van der Waals surface area (Å²) in [5.41, 5.74) is 1.05. The Morgan fingerprint density at radius 3 is 2.56 bits per heavy atom. The van der Waals surface area contributed by atoms with Crippen LogP contribution in [0.25, 0.3) is 0 Å². The highest BCUT2D eigenvalue weighted by Crippen LogP contribution is 2.16. The normalized spacial score (nSPS) is 21.1. The van der Waals surface area contributed by atoms with Crippen LogP contribution in [0.4, 0.5) is 5.69 Å². The number of nitro benzene ring substituents is 1. The molecule has 1 heterocycles. The first-order valence-electron chi connectivity index (χ1n) is 5.03. The van der Waals surface area contributed by atoms with E-state index < -0.39 is 15.9 Å². The first-order valence-corrected chi connectivity index (χ1v) is 6.31. The predicted molar refractivity (Wildman–Crippen MR) is 61.1 cm³/mol. The van der Waals surface area contributed by atoms with Crippen LogP contribution in [-0.4, -0.2) is 25.7 Å². The number of hydrogen-bond acceptors (Lipinski definition) is 3. The van der Waals surface area contributed by atoms with Gasteiger partial charge in [0.2, 0.25) is 0 Å². The molecule has 16 heavy (non-hydrogen) atoms. The zero-order valence-electron chi connectivity index (χ0n) is 8.67. The average molecular weight is 240 g/mol. The van der Waals surface area contributed by atoms with E-state index in [-0.39, 0.29) is 5.69 Å². The van der Waals surface area contributed by atoms with Crippen LogP contribution < -0.4 is 0 Å². The standard InChI is InChI=1S/C10H12N2O3S/c13-12(14)10-4-2-9(3-5-10)8-11-6-1-7-16(11)15/h2-5H,1,6-8H2. The Hall–Kier alpha value is -1.27. The van der Waals surface area contributed by atoms with Crippen molar-refractivity contribution in [3.63, 3.8) is 0 Å². The monoisotopic (exact) mass is 240 g/mol. The van der Waals surface area contributed by atoms with Gasteiger partial charge >= 0.3 is 0 Å². The van der Waals surface area contributed by atoms with Crippen LogP contribution in [0, 0.1) is 10.1 Å². The van der Waals surface area contributed by atoms with Gasteiger partial charge in [-0.3, -0.25) is 10.1 Å². The number of rotatable bonds is 3. The number of nitrogens with zero attached hydrogens (tertiary/aromatic N) is 2. The van der Waals surface area contributed by atoms with E-state index in [1.165, 1.54) is 12.1 Å². The van der Waals surface area contributed by atoms with Gasteiger partial charge in [-0.2, -0.15) is 0 Å². The van der Waals surface area contributed by atoms with Crippen LogP contribution in [0.5, 0.6) is 0 Å². The van der Waals surface area contributed by atoms with E-state index in [4.69, 9.17) is 0 Å². The summed E-state index contributed by atoms with van der Waals surface area (Å²) in [6, 6.07) is 6.39. The smallest absolute Gasteiger partial charge is 0.258 e. The zero-order chi connectivity index (χ0) is 11.5. The molecule has 1 atom stereocenters. The van der Waals surface area contributed by atoms with Gasteiger partial charge in [0, 0.05) is 31.0 Å². The topological polar surface area (TPSA) is 63.5 Å². The third-order valence-corrected chi connectivity index (χ3v) is 4.05. The molecule has 1 aliphatic rings. The number of nitro groups is 1. The van der Waals surface area contributed by atoms with Crippen LogP contribution in [0.15, 0.2) is 24.3 Å². The zero-order valence-corrected chi connectivity index (χ0v) is 9.48. The minimum atomic E-state index is -0.876. The van der Waals surface area contributed by atoms with E-state index in [0.717, 1.165) is 24.3 Å². The Morgan fingerprint density at radius 1 is 1.38 bits per heavy atom. The van der Waals surface area contributed by atoms with E-state index in [1.54, 1.807) is 12.1 Å². The molecule has 86 valence electrons. The molecule has 2 rings (SSSR count). The van der Waals surface area contributed by atoms with Crippen molar-refractivity contribution in [3.05, 3.63) is 39.9 Å². The molecule has 1 saturated heterocycles. The van der Waals surface area contributed by atoms with E-state index >= 15 is 0 Å². The second-order valence-corrected chi connectivity index (χ2v) is 5.23. The maximum Gasteiger partial charge on any atom is 0.269 e. The Kier molecular flexibility index (Phi) is 3.31. The molecule has 0 bridgehead atoms. The Morgan fingerprint density at radius 2 is 2.06 bits per heavy atom. The molecular weight excluding hydrogens is 228 g/mol. The van der Waals surface area contributed by atoms with Crippen LogP contribution in [0.1, 0.15) is 12.0 Å². The molecule has 6 heteroatoms. The maximum absolute atomic E-state index is 11.5. The Bertz CT molecular complexity index is 419. The second-order valence-electron chi connectivity index (χ2n) is 3.67. The van der Waals surface area contributed by atoms with Gasteiger partial charge < -0.3 is 0 Å². The van der Waals surface area contributed by atoms with E-state index in [9.17, 15) is 14.3 Å². The van der Waals surface area contributed by atoms with Gasteiger partial charge in [-0.1, -0.05) is 12.1 Å². The SMILES string of the molecule is O=[N+]([O-])c1ccc(CN2CCCS2=O)cc1. The predicted octanol–water partition coefficient (Wildman–Crippen LogP) is 1.46. The minimum Gasteiger partial charge on any atom is -0.258 e. The summed E-state index contributed by atoms with van der Waals surface area (Å²) in [6.07, 6.45) is 0.958. The van der Waals surface area contributed by atoms with Crippen molar-refractivity contribution in [2.24, 2.45) is 0 Å². The third-order valence-electron chi connectivity index (χ3n) is 2.52. The van der Waals surface area contributed by atoms with E-state index in [2.05, 4.69) is 0 Å². The lowest BCUT2D eigenvalue weighted by Gasteiger charge is -2.12. The van der Waals surface area contributed by atoms with Gasteiger partial charge in [0.15, 0.2) is 0 Å². The highest BCUT2D eigenvalue weighted by atomic mass is 32.2. The fraction of sp³-hybridized carbons (Fsp3) is 0.400. The molecule has 0 spiro atoms. The van der Waals surface area contributed by atoms with Gasteiger partial charge in [-0.05, 0) is 12.0 Å². The molecule has 1 fully saturated rings. The molecule has 0 aliphatic carbocycles. The van der Waals surface area contributed by atoms with Crippen LogP contribution in [0.3, 0.4) is 0 Å². The second kappa shape index (κ2) is 4.71. The highest BCUT2D eigenvalue weighted by Gasteiger charge is 2.19. The summed E-state index contributed by atoms with van der Waals surface area (Å²) < 4.78 is 13.4. The highest BCUT2D eigenvalue weighted by molar-refractivity contribution is 7.82. The van der Waals surface area contributed by atoms with Crippen molar-refractivity contribution in [1.82, 2.24) is 4.31 Å². The van der Waals surface area contributed by atoms with Crippen molar-refractivity contribution in [3.8, 4) is 0 Å². The summed E-state index contributed by atoms with van der Waals surface area (Å²) in [7, 11) is -0.876. The molecule has 1 aliphatic heterocycles. The van der Waals surface area contributed by atoms with E-state index in [1.807, 2.05) is 4.31 Å². The van der Waals surface area contributed by atoms with Crippen LogP contribution >= 0.6 is 0 Å². The van der Waals surface area contributed by atoms with Crippen molar-refractivity contribution < 1.29 is 9.13 Å². The molecule has 0 radical (unpaired) electrons. The summed E-state index contributed by atoms with van der Waals surface area (Å²) in [5.74, 6) is 0.729. The maximum atomic E-state index is 11.5. The van der Waals surface area contributed by atoms with Crippen molar-refractivity contribution in [2.45, 2.75) is 13.0 Å². The first-order chi connectivity index (χ1) is 7.66. The van der Waals surface area contributed by atoms with Gasteiger partial charge in [0.25, 0.3) is 5.69 Å². The lowest BCUT2D eigenvalue weighted by atomic mass is 10.2. The van der Waals surface area contributed by atoms with Gasteiger partial charge in [0.1, 0.15) is 0 Å². The number of non-ortho nitro benzene ring substituents is 1. The van der Waals surface area contributed by atoms with Crippen LogP contribution in [0.2, 0.25) is 0 Å². The molecule has 1 aromatic rings. The Balaban J connectivity index is 2.05.